The summed E-state index contributed by atoms with van der Waals surface area (Å²) in [6.45, 7) is 0.746. The largest absolute Gasteiger partial charge is 0.338 e. The molecule has 2 aromatic rings. The number of hydrogen-bond acceptors (Lipinski definition) is 2. The number of aromatic amines is 1. The van der Waals surface area contributed by atoms with Gasteiger partial charge in [-0.05, 0) is 36.7 Å². The van der Waals surface area contributed by atoms with Crippen LogP contribution in [0.5, 0.6) is 0 Å². The molecule has 1 aromatic carbocycles. The van der Waals surface area contributed by atoms with Gasteiger partial charge in [-0.1, -0.05) is 24.3 Å². The van der Waals surface area contributed by atoms with Gasteiger partial charge in [0.1, 0.15) is 0 Å². The maximum absolute atomic E-state index is 12.1. The number of anilines is 1. The van der Waals surface area contributed by atoms with E-state index in [9.17, 15) is 4.79 Å². The number of nitrogens with one attached hydrogen (secondary N) is 3. The molecule has 2 bridgehead atoms. The highest BCUT2D eigenvalue weighted by Crippen LogP contribution is 2.42. The average Bonchev–Trinajstić information content (AvgIpc) is 3.21. The van der Waals surface area contributed by atoms with Gasteiger partial charge in [0.05, 0.1) is 17.4 Å². The molecule has 0 radical (unpaired) electrons. The van der Waals surface area contributed by atoms with Gasteiger partial charge in [-0.3, -0.25) is 5.10 Å². The van der Waals surface area contributed by atoms with E-state index >= 15 is 0 Å². The molecule has 5 heteroatoms. The van der Waals surface area contributed by atoms with Crippen LogP contribution in [0.15, 0.2) is 36.5 Å². The minimum atomic E-state index is -0.149. The molecule has 0 saturated heterocycles. The maximum Gasteiger partial charge on any atom is 0.319 e. The van der Waals surface area contributed by atoms with Crippen LogP contribution in [0.3, 0.4) is 0 Å². The number of rotatable bonds is 3. The van der Waals surface area contributed by atoms with Crippen LogP contribution in [-0.2, 0) is 0 Å². The summed E-state index contributed by atoms with van der Waals surface area (Å²) in [5.74, 6) is 1.99. The van der Waals surface area contributed by atoms with Gasteiger partial charge in [0, 0.05) is 11.9 Å². The summed E-state index contributed by atoms with van der Waals surface area (Å²) in [5.41, 5.74) is 1.62. The molecular weight excluding hydrogens is 264 g/mol. The van der Waals surface area contributed by atoms with Crippen molar-refractivity contribution in [2.45, 2.75) is 12.8 Å². The lowest BCUT2D eigenvalue weighted by atomic mass is 9.94. The van der Waals surface area contributed by atoms with Gasteiger partial charge in [0.15, 0.2) is 0 Å². The first-order valence-electron chi connectivity index (χ1n) is 7.45. The summed E-state index contributed by atoms with van der Waals surface area (Å²) in [6, 6.07) is 5.60. The van der Waals surface area contributed by atoms with Crippen LogP contribution < -0.4 is 10.6 Å². The molecule has 108 valence electrons. The normalized spacial score (nSPS) is 26.4. The average molecular weight is 282 g/mol. The van der Waals surface area contributed by atoms with E-state index in [4.69, 9.17) is 0 Å². The Morgan fingerprint density at radius 3 is 3.10 bits per heavy atom. The van der Waals surface area contributed by atoms with Crippen LogP contribution in [-0.4, -0.2) is 22.8 Å². The van der Waals surface area contributed by atoms with E-state index in [0.29, 0.717) is 11.8 Å². The van der Waals surface area contributed by atoms with Gasteiger partial charge < -0.3 is 10.6 Å². The van der Waals surface area contributed by atoms with Gasteiger partial charge >= 0.3 is 6.03 Å². The molecule has 0 unspecified atom stereocenters. The van der Waals surface area contributed by atoms with Crippen molar-refractivity contribution in [2.24, 2.45) is 17.8 Å². The summed E-state index contributed by atoms with van der Waals surface area (Å²) < 4.78 is 0. The molecule has 1 saturated carbocycles. The van der Waals surface area contributed by atoms with E-state index in [2.05, 4.69) is 33.0 Å². The highest BCUT2D eigenvalue weighted by atomic mass is 16.2. The van der Waals surface area contributed by atoms with E-state index in [1.807, 2.05) is 18.2 Å². The molecule has 2 aliphatic rings. The molecular formula is C16H18N4O. The van der Waals surface area contributed by atoms with Crippen molar-refractivity contribution in [1.82, 2.24) is 15.5 Å². The highest BCUT2D eigenvalue weighted by Gasteiger charge is 2.35. The Morgan fingerprint density at radius 2 is 2.29 bits per heavy atom. The first kappa shape index (κ1) is 12.4. The number of fused-ring (bicyclic) bond motifs is 3. The van der Waals surface area contributed by atoms with Crippen molar-refractivity contribution in [1.29, 1.82) is 0 Å². The standard InChI is InChI=1S/C16H18N4O/c21-16(17-8-13-7-10-4-5-11(13)6-10)19-14-3-1-2-12-9-18-20-15(12)14/h1-5,9-11,13H,6-8H2,(H,18,20)(H2,17,19,21)/t10-,11+,13+/m1/s1. The molecule has 3 N–H and O–H groups in total. The van der Waals surface area contributed by atoms with Crippen LogP contribution >= 0.6 is 0 Å². The van der Waals surface area contributed by atoms with Gasteiger partial charge in [0.25, 0.3) is 0 Å². The van der Waals surface area contributed by atoms with Crippen molar-refractivity contribution < 1.29 is 4.79 Å². The first-order valence-corrected chi connectivity index (χ1v) is 7.45. The van der Waals surface area contributed by atoms with Crippen LogP contribution in [0.1, 0.15) is 12.8 Å². The predicted octanol–water partition coefficient (Wildman–Crippen LogP) is 2.90. The zero-order chi connectivity index (χ0) is 14.2. The van der Waals surface area contributed by atoms with Crippen LogP contribution in [0.2, 0.25) is 0 Å². The number of carbonyl (C=O) groups is 1. The third-order valence-electron chi connectivity index (χ3n) is 4.67. The number of urea groups is 1. The first-order chi connectivity index (χ1) is 10.3. The second-order valence-electron chi connectivity index (χ2n) is 6.02. The zero-order valence-corrected chi connectivity index (χ0v) is 11.7. The van der Waals surface area contributed by atoms with Gasteiger partial charge in [-0.15, -0.1) is 0 Å². The molecule has 1 aromatic heterocycles. The maximum atomic E-state index is 12.1. The summed E-state index contributed by atoms with van der Waals surface area (Å²) in [7, 11) is 0. The van der Waals surface area contributed by atoms with E-state index in [0.717, 1.165) is 29.1 Å². The number of amides is 2. The Labute approximate surface area is 122 Å². The molecule has 1 heterocycles. The van der Waals surface area contributed by atoms with Crippen molar-refractivity contribution in [2.75, 3.05) is 11.9 Å². The zero-order valence-electron chi connectivity index (χ0n) is 11.7. The Morgan fingerprint density at radius 1 is 1.33 bits per heavy atom. The third kappa shape index (κ3) is 2.28. The second-order valence-corrected chi connectivity index (χ2v) is 6.02. The Bertz CT molecular complexity index is 705. The molecule has 2 aliphatic carbocycles. The topological polar surface area (TPSA) is 69.8 Å². The second kappa shape index (κ2) is 4.91. The SMILES string of the molecule is O=C(NC[C@@H]1C[C@@H]2C=C[C@H]1C2)Nc1cccc2cn[nH]c12. The molecule has 1 fully saturated rings. The molecule has 3 atom stereocenters. The lowest BCUT2D eigenvalue weighted by Crippen LogP contribution is -2.34. The fourth-order valence-electron chi connectivity index (χ4n) is 3.59. The lowest BCUT2D eigenvalue weighted by Gasteiger charge is -2.18. The monoisotopic (exact) mass is 282 g/mol. The number of allylic oxidation sites excluding steroid dienone is 2. The number of carbonyl (C=O) groups excluding carboxylic acids is 1. The molecule has 2 amide bonds. The summed E-state index contributed by atoms with van der Waals surface area (Å²) in [6.07, 6.45) is 8.85. The van der Waals surface area contributed by atoms with Crippen LogP contribution in [0.4, 0.5) is 10.5 Å². The van der Waals surface area contributed by atoms with Crippen molar-refractivity contribution in [3.63, 3.8) is 0 Å². The summed E-state index contributed by atoms with van der Waals surface area (Å²) in [5, 5.41) is 13.8. The van der Waals surface area contributed by atoms with Crippen LogP contribution in [0.25, 0.3) is 10.9 Å². The van der Waals surface area contributed by atoms with E-state index in [-0.39, 0.29) is 6.03 Å². The summed E-state index contributed by atoms with van der Waals surface area (Å²) in [4.78, 5) is 12.1. The molecule has 5 nitrogen and oxygen atoms in total. The molecule has 0 spiro atoms. The number of H-pyrrole nitrogens is 1. The Balaban J connectivity index is 1.38. The smallest absolute Gasteiger partial charge is 0.319 e. The van der Waals surface area contributed by atoms with Crippen LogP contribution in [0, 0.1) is 17.8 Å². The number of hydrogen-bond donors (Lipinski definition) is 3. The quantitative estimate of drug-likeness (QED) is 0.758. The number of nitrogens with zero attached hydrogens (tertiary/aromatic N) is 1. The molecule has 0 aliphatic heterocycles. The fraction of sp³-hybridized carbons (Fsp3) is 0.375. The van der Waals surface area contributed by atoms with Crippen molar-refractivity contribution >= 4 is 22.6 Å². The van der Waals surface area contributed by atoms with Gasteiger partial charge in [0.2, 0.25) is 0 Å². The Kier molecular flexibility index (Phi) is 2.91. The van der Waals surface area contributed by atoms with Crippen molar-refractivity contribution in [3.05, 3.63) is 36.5 Å². The third-order valence-corrected chi connectivity index (χ3v) is 4.67. The van der Waals surface area contributed by atoms with E-state index < -0.39 is 0 Å². The van der Waals surface area contributed by atoms with E-state index in [1.165, 1.54) is 12.8 Å². The predicted molar refractivity (Wildman–Crippen MR) is 82.0 cm³/mol. The minimum Gasteiger partial charge on any atom is -0.338 e. The number of para-hydroxylation sites is 1. The van der Waals surface area contributed by atoms with Gasteiger partial charge in [-0.2, -0.15) is 5.10 Å². The van der Waals surface area contributed by atoms with E-state index in [1.54, 1.807) is 6.20 Å². The van der Waals surface area contributed by atoms with Crippen molar-refractivity contribution in [3.8, 4) is 0 Å². The molecule has 21 heavy (non-hydrogen) atoms. The molecule has 4 rings (SSSR count). The number of benzene rings is 1. The lowest BCUT2D eigenvalue weighted by molar-refractivity contribution is 0.249. The minimum absolute atomic E-state index is 0.149. The highest BCUT2D eigenvalue weighted by molar-refractivity contribution is 5.99. The van der Waals surface area contributed by atoms with Gasteiger partial charge in [-0.25, -0.2) is 4.79 Å². The Hall–Kier alpha value is -2.30. The fourth-order valence-corrected chi connectivity index (χ4v) is 3.59. The summed E-state index contributed by atoms with van der Waals surface area (Å²) >= 11 is 0. The number of aromatic nitrogens is 2.